The summed E-state index contributed by atoms with van der Waals surface area (Å²) >= 11 is 0. The van der Waals surface area contributed by atoms with E-state index in [0.29, 0.717) is 6.02 Å². The molecule has 6 nitrogen and oxygen atoms in total. The maximum absolute atomic E-state index is 5.50. The molecule has 2 aromatic rings. The fourth-order valence-corrected chi connectivity index (χ4v) is 1.31. The Morgan fingerprint density at radius 3 is 2.81 bits per heavy atom. The van der Waals surface area contributed by atoms with Gasteiger partial charge in [0, 0.05) is 21.1 Å². The fourth-order valence-electron chi connectivity index (χ4n) is 1.31. The first kappa shape index (κ1) is 10.4. The molecule has 0 atom stereocenters. The summed E-state index contributed by atoms with van der Waals surface area (Å²) in [5.74, 6) is 0. The molecule has 0 radical (unpaired) electrons. The van der Waals surface area contributed by atoms with Crippen molar-refractivity contribution in [3.05, 3.63) is 24.3 Å². The van der Waals surface area contributed by atoms with Crippen molar-refractivity contribution in [3.8, 4) is 0 Å². The topological polar surface area (TPSA) is 55.5 Å². The monoisotopic (exact) mass is 219 g/mol. The van der Waals surface area contributed by atoms with E-state index in [2.05, 4.69) is 15.3 Å². The molecule has 0 saturated heterocycles. The normalized spacial score (nSPS) is 11.8. The first-order valence-electron chi connectivity index (χ1n) is 4.85. The Kier molecular flexibility index (Phi) is 2.72. The Balaban J connectivity index is 2.34. The third-order valence-electron chi connectivity index (χ3n) is 2.06. The van der Waals surface area contributed by atoms with Gasteiger partial charge in [-0.3, -0.25) is 0 Å². The van der Waals surface area contributed by atoms with E-state index >= 15 is 0 Å². The number of amidine groups is 1. The lowest BCUT2D eigenvalue weighted by Gasteiger charge is -2.13. The number of hydrogen-bond acceptors (Lipinski definition) is 4. The number of rotatable bonds is 1. The maximum Gasteiger partial charge on any atom is 0.316 e. The van der Waals surface area contributed by atoms with Gasteiger partial charge in [-0.1, -0.05) is 17.0 Å². The molecule has 0 aliphatic carbocycles. The van der Waals surface area contributed by atoms with Gasteiger partial charge in [-0.15, -0.1) is 5.10 Å². The highest BCUT2D eigenvalue weighted by Gasteiger charge is 2.08. The molecule has 0 bridgehead atoms. The lowest BCUT2D eigenvalue weighted by atomic mass is 10.3. The molecule has 1 aromatic carbocycles. The standard InChI is InChI=1S/C10H13N5O/c1-11-10(14(2)3)16-15-9-7-5-4-6-8(9)12-13-15/h4-7H,1-3H3/b11-10+. The minimum absolute atomic E-state index is 0.468. The Labute approximate surface area is 93.1 Å². The molecule has 0 N–H and O–H groups in total. The zero-order valence-electron chi connectivity index (χ0n) is 9.45. The van der Waals surface area contributed by atoms with Gasteiger partial charge in [-0.25, -0.2) is 4.99 Å². The van der Waals surface area contributed by atoms with Crippen LogP contribution >= 0.6 is 0 Å². The summed E-state index contributed by atoms with van der Waals surface area (Å²) in [6.45, 7) is 0. The van der Waals surface area contributed by atoms with Crippen LogP contribution in [0.3, 0.4) is 0 Å². The second-order valence-corrected chi connectivity index (χ2v) is 3.44. The van der Waals surface area contributed by atoms with Crippen molar-refractivity contribution in [1.82, 2.24) is 20.1 Å². The number of aliphatic imine (C=N–C) groups is 1. The van der Waals surface area contributed by atoms with E-state index in [9.17, 15) is 0 Å². The predicted octanol–water partition coefficient (Wildman–Crippen LogP) is 0.407. The molecule has 1 aromatic heterocycles. The van der Waals surface area contributed by atoms with Crippen LogP contribution in [-0.2, 0) is 0 Å². The van der Waals surface area contributed by atoms with Crippen LogP contribution in [0.1, 0.15) is 0 Å². The molecule has 1 heterocycles. The second kappa shape index (κ2) is 4.18. The number of para-hydroxylation sites is 1. The van der Waals surface area contributed by atoms with Crippen molar-refractivity contribution < 1.29 is 4.84 Å². The minimum Gasteiger partial charge on any atom is -0.331 e. The Bertz CT molecular complexity index is 517. The Morgan fingerprint density at radius 2 is 2.12 bits per heavy atom. The van der Waals surface area contributed by atoms with Gasteiger partial charge in [0.15, 0.2) is 0 Å². The lowest BCUT2D eigenvalue weighted by Crippen LogP contribution is -2.33. The molecule has 0 fully saturated rings. The van der Waals surface area contributed by atoms with Gasteiger partial charge in [0.25, 0.3) is 0 Å². The van der Waals surface area contributed by atoms with Crippen LogP contribution < -0.4 is 4.84 Å². The second-order valence-electron chi connectivity index (χ2n) is 3.44. The van der Waals surface area contributed by atoms with E-state index in [1.807, 2.05) is 38.4 Å². The van der Waals surface area contributed by atoms with Crippen LogP contribution in [0.2, 0.25) is 0 Å². The van der Waals surface area contributed by atoms with Crippen LogP contribution in [0.25, 0.3) is 11.0 Å². The molecule has 0 spiro atoms. The Hall–Kier alpha value is -2.11. The van der Waals surface area contributed by atoms with Gasteiger partial charge in [-0.2, -0.15) is 0 Å². The smallest absolute Gasteiger partial charge is 0.316 e. The van der Waals surface area contributed by atoms with Crippen LogP contribution in [0.5, 0.6) is 0 Å². The third-order valence-corrected chi connectivity index (χ3v) is 2.06. The number of benzene rings is 1. The third kappa shape index (κ3) is 1.81. The minimum atomic E-state index is 0.468. The van der Waals surface area contributed by atoms with Crippen LogP contribution in [0.4, 0.5) is 0 Å². The van der Waals surface area contributed by atoms with Gasteiger partial charge < -0.3 is 9.74 Å². The van der Waals surface area contributed by atoms with E-state index in [1.54, 1.807) is 11.9 Å². The molecule has 0 amide bonds. The summed E-state index contributed by atoms with van der Waals surface area (Å²) in [7, 11) is 5.36. The fraction of sp³-hybridized carbons (Fsp3) is 0.300. The van der Waals surface area contributed by atoms with Crippen molar-refractivity contribution in [2.75, 3.05) is 21.1 Å². The molecule has 0 unspecified atom stereocenters. The van der Waals surface area contributed by atoms with Crippen molar-refractivity contribution in [2.45, 2.75) is 0 Å². The van der Waals surface area contributed by atoms with Gasteiger partial charge in [0.2, 0.25) is 0 Å². The number of aromatic nitrogens is 3. The quantitative estimate of drug-likeness (QED) is 0.515. The molecule has 16 heavy (non-hydrogen) atoms. The van der Waals surface area contributed by atoms with Gasteiger partial charge in [-0.05, 0) is 17.3 Å². The molecule has 2 rings (SSSR count). The summed E-state index contributed by atoms with van der Waals surface area (Å²) in [6.07, 6.45) is 0. The first-order chi connectivity index (χ1) is 7.72. The highest BCUT2D eigenvalue weighted by Crippen LogP contribution is 2.08. The first-order valence-corrected chi connectivity index (χ1v) is 4.85. The van der Waals surface area contributed by atoms with E-state index in [1.165, 1.54) is 4.85 Å². The van der Waals surface area contributed by atoms with Crippen LogP contribution in [-0.4, -0.2) is 47.2 Å². The van der Waals surface area contributed by atoms with E-state index in [4.69, 9.17) is 4.84 Å². The average molecular weight is 219 g/mol. The number of hydrogen-bond donors (Lipinski definition) is 0. The molecule has 0 aliphatic rings. The highest BCUT2D eigenvalue weighted by atomic mass is 16.7. The van der Waals surface area contributed by atoms with Gasteiger partial charge in [0.05, 0.1) is 0 Å². The van der Waals surface area contributed by atoms with Crippen LogP contribution in [0.15, 0.2) is 29.3 Å². The zero-order valence-corrected chi connectivity index (χ0v) is 9.45. The number of fused-ring (bicyclic) bond motifs is 1. The van der Waals surface area contributed by atoms with E-state index in [-0.39, 0.29) is 0 Å². The average Bonchev–Trinajstić information content (AvgIpc) is 2.69. The maximum atomic E-state index is 5.50. The van der Waals surface area contributed by atoms with Gasteiger partial charge >= 0.3 is 6.02 Å². The SMILES string of the molecule is C/N=C(/On1nnc2ccccc21)N(C)C. The predicted molar refractivity (Wildman–Crippen MR) is 61.2 cm³/mol. The highest BCUT2D eigenvalue weighted by molar-refractivity contribution is 5.76. The van der Waals surface area contributed by atoms with Gasteiger partial charge in [0.1, 0.15) is 11.0 Å². The van der Waals surface area contributed by atoms with Crippen LogP contribution in [0, 0.1) is 0 Å². The summed E-state index contributed by atoms with van der Waals surface area (Å²) in [5.41, 5.74) is 1.60. The number of nitrogens with zero attached hydrogens (tertiary/aromatic N) is 5. The van der Waals surface area contributed by atoms with E-state index in [0.717, 1.165) is 11.0 Å². The lowest BCUT2D eigenvalue weighted by molar-refractivity contribution is 0.194. The molecular weight excluding hydrogens is 206 g/mol. The van der Waals surface area contributed by atoms with Crippen molar-refractivity contribution >= 4 is 17.1 Å². The molecular formula is C10H13N5O. The van der Waals surface area contributed by atoms with Crippen molar-refractivity contribution in [1.29, 1.82) is 0 Å². The molecule has 6 heteroatoms. The summed E-state index contributed by atoms with van der Waals surface area (Å²) in [5, 5.41) is 7.88. The van der Waals surface area contributed by atoms with Crippen molar-refractivity contribution in [3.63, 3.8) is 0 Å². The summed E-state index contributed by atoms with van der Waals surface area (Å²) in [4.78, 5) is 12.6. The molecule has 84 valence electrons. The Morgan fingerprint density at radius 1 is 1.38 bits per heavy atom. The zero-order chi connectivity index (χ0) is 11.5. The van der Waals surface area contributed by atoms with Crippen molar-refractivity contribution in [2.24, 2.45) is 4.99 Å². The molecule has 0 saturated carbocycles. The largest absolute Gasteiger partial charge is 0.331 e. The summed E-state index contributed by atoms with van der Waals surface area (Å²) < 4.78 is 0. The summed E-state index contributed by atoms with van der Waals surface area (Å²) in [6, 6.07) is 8.04. The van der Waals surface area contributed by atoms with E-state index < -0.39 is 0 Å². The molecule has 0 aliphatic heterocycles.